The highest BCUT2D eigenvalue weighted by Crippen LogP contribution is 2.32. The van der Waals surface area contributed by atoms with Crippen LogP contribution < -0.4 is 0 Å². The van der Waals surface area contributed by atoms with Crippen LogP contribution in [0.4, 0.5) is 0 Å². The molecule has 1 aliphatic carbocycles. The predicted octanol–water partition coefficient (Wildman–Crippen LogP) is 1.16. The second kappa shape index (κ2) is 3.35. The van der Waals surface area contributed by atoms with Crippen LogP contribution in [0.2, 0.25) is 0 Å². The van der Waals surface area contributed by atoms with Crippen LogP contribution in [0.25, 0.3) is 0 Å². The van der Waals surface area contributed by atoms with Gasteiger partial charge in [-0.05, 0) is 26.9 Å². The normalized spacial score (nSPS) is 20.4. The number of hydrogen-bond donors (Lipinski definition) is 0. The highest BCUT2D eigenvalue weighted by Gasteiger charge is 2.32. The fourth-order valence-electron chi connectivity index (χ4n) is 1.41. The van der Waals surface area contributed by atoms with Crippen LogP contribution in [0.15, 0.2) is 0 Å². The lowest BCUT2D eigenvalue weighted by atomic mass is 10.0. The van der Waals surface area contributed by atoms with Crippen molar-refractivity contribution < 1.29 is 4.79 Å². The molecule has 0 radical (unpaired) electrons. The molecule has 0 bridgehead atoms. The van der Waals surface area contributed by atoms with Crippen LogP contribution in [-0.4, -0.2) is 31.3 Å². The summed E-state index contributed by atoms with van der Waals surface area (Å²) >= 11 is 0. The number of nitrogens with zero attached hydrogens (tertiary/aromatic N) is 1. The first-order chi connectivity index (χ1) is 5.11. The number of hydrogen-bond acceptors (Lipinski definition) is 2. The van der Waals surface area contributed by atoms with Gasteiger partial charge in [-0.25, -0.2) is 0 Å². The molecular formula is C9H17NO. The molecule has 64 valence electrons. The van der Waals surface area contributed by atoms with E-state index in [0.29, 0.717) is 11.7 Å². The highest BCUT2D eigenvalue weighted by atomic mass is 16.1. The van der Waals surface area contributed by atoms with Crippen molar-refractivity contribution in [2.75, 3.05) is 20.6 Å². The van der Waals surface area contributed by atoms with Gasteiger partial charge in [0.2, 0.25) is 0 Å². The van der Waals surface area contributed by atoms with Crippen LogP contribution >= 0.6 is 0 Å². The minimum Gasteiger partial charge on any atom is -0.309 e. The Morgan fingerprint density at radius 3 is 2.45 bits per heavy atom. The summed E-state index contributed by atoms with van der Waals surface area (Å²) in [5, 5.41) is 0. The maximum atomic E-state index is 11.4. The van der Waals surface area contributed by atoms with E-state index >= 15 is 0 Å². The second-order valence-corrected chi connectivity index (χ2v) is 3.84. The molecule has 0 N–H and O–H groups in total. The van der Waals surface area contributed by atoms with E-state index in [4.69, 9.17) is 0 Å². The second-order valence-electron chi connectivity index (χ2n) is 3.84. The summed E-state index contributed by atoms with van der Waals surface area (Å²) < 4.78 is 0. The quantitative estimate of drug-likeness (QED) is 0.607. The van der Waals surface area contributed by atoms with E-state index < -0.39 is 0 Å². The summed E-state index contributed by atoms with van der Waals surface area (Å²) in [5.41, 5.74) is 0. The zero-order valence-corrected chi connectivity index (χ0v) is 7.63. The number of ketones is 1. The molecule has 1 fully saturated rings. The van der Waals surface area contributed by atoms with Crippen LogP contribution in [0.5, 0.6) is 0 Å². The average molecular weight is 155 g/mol. The minimum atomic E-state index is 0.234. The molecule has 0 aromatic heterocycles. The van der Waals surface area contributed by atoms with E-state index in [0.717, 1.165) is 19.4 Å². The Bertz CT molecular complexity index is 150. The van der Waals surface area contributed by atoms with E-state index in [2.05, 4.69) is 4.90 Å². The van der Waals surface area contributed by atoms with Gasteiger partial charge >= 0.3 is 0 Å². The number of carbonyl (C=O) groups is 1. The molecule has 0 spiro atoms. The lowest BCUT2D eigenvalue weighted by Gasteiger charge is -2.15. The minimum absolute atomic E-state index is 0.234. The first kappa shape index (κ1) is 8.72. The van der Waals surface area contributed by atoms with Crippen LogP contribution in [-0.2, 0) is 4.79 Å². The van der Waals surface area contributed by atoms with Crippen molar-refractivity contribution in [3.05, 3.63) is 0 Å². The Morgan fingerprint density at radius 1 is 1.55 bits per heavy atom. The molecule has 0 amide bonds. The summed E-state index contributed by atoms with van der Waals surface area (Å²) in [7, 11) is 4.02. The summed E-state index contributed by atoms with van der Waals surface area (Å²) in [6.45, 7) is 2.93. The molecule has 2 nitrogen and oxygen atoms in total. The van der Waals surface area contributed by atoms with Crippen LogP contribution in [0.1, 0.15) is 19.8 Å². The molecule has 1 rings (SSSR count). The van der Waals surface area contributed by atoms with E-state index in [9.17, 15) is 4.79 Å². The molecule has 2 heteroatoms. The molecule has 1 saturated carbocycles. The third-order valence-electron chi connectivity index (χ3n) is 2.10. The van der Waals surface area contributed by atoms with Gasteiger partial charge in [0, 0.05) is 18.4 Å². The first-order valence-corrected chi connectivity index (χ1v) is 4.29. The van der Waals surface area contributed by atoms with Crippen molar-refractivity contribution in [1.29, 1.82) is 0 Å². The molecule has 11 heavy (non-hydrogen) atoms. The fraction of sp³-hybridized carbons (Fsp3) is 0.889. The van der Waals surface area contributed by atoms with E-state index in [1.165, 1.54) is 0 Å². The molecule has 0 aromatic carbocycles. The summed E-state index contributed by atoms with van der Waals surface area (Å²) in [6, 6.07) is 0. The number of rotatable bonds is 4. The molecular weight excluding hydrogens is 138 g/mol. The Morgan fingerprint density at radius 2 is 2.09 bits per heavy atom. The zero-order chi connectivity index (χ0) is 8.43. The van der Waals surface area contributed by atoms with Crippen molar-refractivity contribution in [2.45, 2.75) is 19.8 Å². The van der Waals surface area contributed by atoms with Gasteiger partial charge in [-0.1, -0.05) is 6.92 Å². The lowest BCUT2D eigenvalue weighted by Crippen LogP contribution is -2.26. The maximum Gasteiger partial charge on any atom is 0.140 e. The van der Waals surface area contributed by atoms with Gasteiger partial charge in [-0.15, -0.1) is 0 Å². The van der Waals surface area contributed by atoms with Crippen molar-refractivity contribution in [1.82, 2.24) is 4.90 Å². The predicted molar refractivity (Wildman–Crippen MR) is 45.4 cm³/mol. The maximum absolute atomic E-state index is 11.4. The lowest BCUT2D eigenvalue weighted by molar-refractivity contribution is -0.124. The van der Waals surface area contributed by atoms with Gasteiger partial charge in [0.1, 0.15) is 5.78 Å². The zero-order valence-electron chi connectivity index (χ0n) is 7.63. The van der Waals surface area contributed by atoms with Crippen LogP contribution in [0.3, 0.4) is 0 Å². The molecule has 1 unspecified atom stereocenters. The number of Topliss-reactive ketones (excluding diaryl/α,β-unsaturated/α-hetero) is 1. The smallest absolute Gasteiger partial charge is 0.140 e. The summed E-state index contributed by atoms with van der Waals surface area (Å²) in [5.74, 6) is 1.13. The van der Waals surface area contributed by atoms with Gasteiger partial charge in [0.05, 0.1) is 0 Å². The molecule has 1 aliphatic rings. The summed E-state index contributed by atoms with van der Waals surface area (Å²) in [4.78, 5) is 13.5. The third kappa shape index (κ3) is 2.62. The Kier molecular flexibility index (Phi) is 2.66. The van der Waals surface area contributed by atoms with Gasteiger partial charge in [0.25, 0.3) is 0 Å². The fourth-order valence-corrected chi connectivity index (χ4v) is 1.41. The highest BCUT2D eigenvalue weighted by molar-refractivity contribution is 5.85. The molecule has 0 heterocycles. The van der Waals surface area contributed by atoms with Crippen molar-refractivity contribution in [3.63, 3.8) is 0 Å². The van der Waals surface area contributed by atoms with Crippen molar-refractivity contribution >= 4 is 5.78 Å². The van der Waals surface area contributed by atoms with Crippen molar-refractivity contribution in [2.24, 2.45) is 11.8 Å². The number of carbonyl (C=O) groups excluding carboxylic acids is 1. The van der Waals surface area contributed by atoms with Crippen LogP contribution in [0, 0.1) is 11.8 Å². The van der Waals surface area contributed by atoms with Gasteiger partial charge in [-0.3, -0.25) is 4.79 Å². The Labute approximate surface area is 68.6 Å². The Hall–Kier alpha value is -0.370. The van der Waals surface area contributed by atoms with Gasteiger partial charge in [-0.2, -0.15) is 0 Å². The third-order valence-corrected chi connectivity index (χ3v) is 2.10. The summed E-state index contributed by atoms with van der Waals surface area (Å²) in [6.07, 6.45) is 2.27. The molecule has 0 aromatic rings. The van der Waals surface area contributed by atoms with Gasteiger partial charge < -0.3 is 4.90 Å². The molecule has 0 saturated heterocycles. The van der Waals surface area contributed by atoms with E-state index in [1.807, 2.05) is 21.0 Å². The van der Waals surface area contributed by atoms with E-state index in [1.54, 1.807) is 0 Å². The van der Waals surface area contributed by atoms with Crippen molar-refractivity contribution in [3.8, 4) is 0 Å². The molecule has 1 atom stereocenters. The molecule has 0 aliphatic heterocycles. The first-order valence-electron chi connectivity index (χ1n) is 4.29. The van der Waals surface area contributed by atoms with Gasteiger partial charge in [0.15, 0.2) is 0 Å². The topological polar surface area (TPSA) is 20.3 Å². The van der Waals surface area contributed by atoms with E-state index in [-0.39, 0.29) is 5.92 Å². The SMILES string of the molecule is CC(CN(C)C)C(=O)C1CC1. The monoisotopic (exact) mass is 155 g/mol. The largest absolute Gasteiger partial charge is 0.309 e. The average Bonchev–Trinajstić information content (AvgIpc) is 2.65. The standard InChI is InChI=1S/C9H17NO/c1-7(6-10(2)3)9(11)8-4-5-8/h7-8H,4-6H2,1-3H3. The Balaban J connectivity index is 2.27.